The van der Waals surface area contributed by atoms with Crippen molar-refractivity contribution in [2.75, 3.05) is 27.4 Å². The third-order valence-corrected chi connectivity index (χ3v) is 4.44. The molecule has 0 saturated heterocycles. The highest BCUT2D eigenvalue weighted by molar-refractivity contribution is 14.0. The Labute approximate surface area is 188 Å². The quantitative estimate of drug-likeness (QED) is 0.341. The number of fused-ring (bicyclic) bond motifs is 1. The van der Waals surface area contributed by atoms with Crippen molar-refractivity contribution >= 4 is 35.8 Å². The smallest absolute Gasteiger partial charge is 0.231 e. The van der Waals surface area contributed by atoms with Gasteiger partial charge in [0.15, 0.2) is 17.5 Å². The molecule has 3 rings (SSSR count). The van der Waals surface area contributed by atoms with Gasteiger partial charge in [-0.2, -0.15) is 0 Å². The molecule has 1 aliphatic rings. The number of amides is 1. The highest BCUT2D eigenvalue weighted by atomic mass is 127. The number of rotatable bonds is 7. The number of nitrogens with zero attached hydrogens (tertiary/aromatic N) is 2. The van der Waals surface area contributed by atoms with E-state index < -0.39 is 0 Å². The molecule has 1 heterocycles. The molecule has 8 heteroatoms. The van der Waals surface area contributed by atoms with Gasteiger partial charge >= 0.3 is 0 Å². The summed E-state index contributed by atoms with van der Waals surface area (Å²) in [6.45, 7) is 1.98. The Kier molecular flexibility index (Phi) is 9.04. The van der Waals surface area contributed by atoms with Gasteiger partial charge in [-0.15, -0.1) is 24.0 Å². The predicted octanol–water partition coefficient (Wildman–Crippen LogP) is 2.75. The first-order valence-electron chi connectivity index (χ1n) is 9.26. The van der Waals surface area contributed by atoms with Crippen LogP contribution >= 0.6 is 24.0 Å². The molecule has 2 N–H and O–H groups in total. The Bertz CT molecular complexity index is 830. The third-order valence-electron chi connectivity index (χ3n) is 4.44. The Morgan fingerprint density at radius 1 is 1.07 bits per heavy atom. The minimum absolute atomic E-state index is 0. The molecule has 0 fully saturated rings. The number of guanidine groups is 1. The van der Waals surface area contributed by atoms with Gasteiger partial charge in [-0.25, -0.2) is 0 Å². The fourth-order valence-corrected chi connectivity index (χ4v) is 2.88. The van der Waals surface area contributed by atoms with E-state index in [1.165, 1.54) is 0 Å². The predicted molar refractivity (Wildman–Crippen MR) is 124 cm³/mol. The van der Waals surface area contributed by atoms with Crippen molar-refractivity contribution in [3.8, 4) is 11.5 Å². The summed E-state index contributed by atoms with van der Waals surface area (Å²) < 4.78 is 10.7. The summed E-state index contributed by atoms with van der Waals surface area (Å²) in [5.41, 5.74) is 2.18. The Morgan fingerprint density at radius 2 is 1.83 bits per heavy atom. The van der Waals surface area contributed by atoms with Crippen molar-refractivity contribution in [2.45, 2.75) is 19.5 Å². The molecule has 7 nitrogen and oxygen atoms in total. The van der Waals surface area contributed by atoms with Crippen molar-refractivity contribution < 1.29 is 14.3 Å². The number of benzene rings is 2. The van der Waals surface area contributed by atoms with E-state index in [2.05, 4.69) is 15.6 Å². The summed E-state index contributed by atoms with van der Waals surface area (Å²) >= 11 is 0. The fourth-order valence-electron chi connectivity index (χ4n) is 2.88. The van der Waals surface area contributed by atoms with E-state index in [1.807, 2.05) is 55.6 Å². The van der Waals surface area contributed by atoms with Gasteiger partial charge in [0.2, 0.25) is 12.7 Å². The molecule has 0 atom stereocenters. The number of hydrogen-bond acceptors (Lipinski definition) is 4. The number of carbonyl (C=O) groups is 1. The maximum Gasteiger partial charge on any atom is 0.231 e. The van der Waals surface area contributed by atoms with E-state index in [0.29, 0.717) is 32.0 Å². The average molecular weight is 510 g/mol. The zero-order chi connectivity index (χ0) is 19.8. The zero-order valence-corrected chi connectivity index (χ0v) is 19.0. The largest absolute Gasteiger partial charge is 0.454 e. The van der Waals surface area contributed by atoms with Crippen molar-refractivity contribution in [1.29, 1.82) is 0 Å². The van der Waals surface area contributed by atoms with Crippen LogP contribution in [0.1, 0.15) is 17.5 Å². The normalized spacial score (nSPS) is 12.1. The van der Waals surface area contributed by atoms with E-state index in [0.717, 1.165) is 22.6 Å². The van der Waals surface area contributed by atoms with E-state index in [1.54, 1.807) is 11.9 Å². The second-order valence-corrected chi connectivity index (χ2v) is 6.53. The van der Waals surface area contributed by atoms with Gasteiger partial charge in [0, 0.05) is 40.2 Å². The van der Waals surface area contributed by atoms with Crippen LogP contribution in [0.25, 0.3) is 0 Å². The molecule has 0 saturated carbocycles. The van der Waals surface area contributed by atoms with Crippen molar-refractivity contribution in [3.63, 3.8) is 0 Å². The maximum atomic E-state index is 12.3. The lowest BCUT2D eigenvalue weighted by atomic mass is 10.2. The molecule has 0 bridgehead atoms. The lowest BCUT2D eigenvalue weighted by Gasteiger charge is -2.18. The van der Waals surface area contributed by atoms with E-state index in [4.69, 9.17) is 9.47 Å². The van der Waals surface area contributed by atoms with Gasteiger partial charge < -0.3 is 25.0 Å². The van der Waals surface area contributed by atoms with Crippen LogP contribution in [0.15, 0.2) is 53.5 Å². The first-order valence-corrected chi connectivity index (χ1v) is 9.26. The lowest BCUT2D eigenvalue weighted by Crippen LogP contribution is -2.39. The Hall–Kier alpha value is -2.49. The zero-order valence-electron chi connectivity index (χ0n) is 16.7. The summed E-state index contributed by atoms with van der Waals surface area (Å²) in [6, 6.07) is 15.8. The van der Waals surface area contributed by atoms with Crippen LogP contribution in [0, 0.1) is 0 Å². The van der Waals surface area contributed by atoms with Crippen molar-refractivity contribution in [3.05, 3.63) is 59.7 Å². The second kappa shape index (κ2) is 11.5. The molecule has 1 aliphatic heterocycles. The van der Waals surface area contributed by atoms with Crippen LogP contribution in [0.2, 0.25) is 0 Å². The summed E-state index contributed by atoms with van der Waals surface area (Å²) in [4.78, 5) is 18.2. The molecular formula is C21H27IN4O3. The van der Waals surface area contributed by atoms with E-state index in [-0.39, 0.29) is 36.7 Å². The number of aliphatic imine (C=N–C) groups is 1. The standard InChI is InChI=1S/C21H26N4O3.HI/c1-22-21(24-13-17-8-9-18-19(12-17)28-15-27-18)23-11-10-20(26)25(2)14-16-6-4-3-5-7-16;/h3-9,12H,10-11,13-15H2,1-2H3,(H2,22,23,24);1H. The van der Waals surface area contributed by atoms with Crippen LogP contribution in [-0.2, 0) is 17.9 Å². The summed E-state index contributed by atoms with van der Waals surface area (Å²) in [5, 5.41) is 6.41. The first kappa shape index (κ1) is 22.8. The molecular weight excluding hydrogens is 483 g/mol. The highest BCUT2D eigenvalue weighted by Gasteiger charge is 2.13. The van der Waals surface area contributed by atoms with Gasteiger partial charge in [0.1, 0.15) is 0 Å². The van der Waals surface area contributed by atoms with Gasteiger partial charge in [-0.1, -0.05) is 36.4 Å². The number of hydrogen-bond donors (Lipinski definition) is 2. The molecule has 0 aromatic heterocycles. The number of ether oxygens (including phenoxy) is 2. The lowest BCUT2D eigenvalue weighted by molar-refractivity contribution is -0.130. The Balaban J connectivity index is 0.00000300. The second-order valence-electron chi connectivity index (χ2n) is 6.53. The summed E-state index contributed by atoms with van der Waals surface area (Å²) in [5.74, 6) is 2.26. The summed E-state index contributed by atoms with van der Waals surface area (Å²) in [7, 11) is 3.53. The minimum Gasteiger partial charge on any atom is -0.454 e. The van der Waals surface area contributed by atoms with E-state index >= 15 is 0 Å². The van der Waals surface area contributed by atoms with Gasteiger partial charge in [-0.05, 0) is 23.3 Å². The van der Waals surface area contributed by atoms with Crippen LogP contribution in [0.4, 0.5) is 0 Å². The highest BCUT2D eigenvalue weighted by Crippen LogP contribution is 2.32. The number of halogens is 1. The molecule has 2 aromatic rings. The third kappa shape index (κ3) is 6.81. The molecule has 29 heavy (non-hydrogen) atoms. The molecule has 2 aromatic carbocycles. The molecule has 1 amide bonds. The SMILES string of the molecule is CN=C(NCCC(=O)N(C)Cc1ccccc1)NCc1ccc2c(c1)OCO2.I. The first-order chi connectivity index (χ1) is 13.7. The van der Waals surface area contributed by atoms with Crippen molar-refractivity contribution in [1.82, 2.24) is 15.5 Å². The van der Waals surface area contributed by atoms with Crippen LogP contribution in [0.3, 0.4) is 0 Å². The topological polar surface area (TPSA) is 75.2 Å². The maximum absolute atomic E-state index is 12.3. The van der Waals surface area contributed by atoms with Gasteiger partial charge in [0.05, 0.1) is 0 Å². The average Bonchev–Trinajstić information content (AvgIpc) is 3.19. The van der Waals surface area contributed by atoms with Crippen LogP contribution < -0.4 is 20.1 Å². The van der Waals surface area contributed by atoms with Gasteiger partial charge in [0.25, 0.3) is 0 Å². The fraction of sp³-hybridized carbons (Fsp3) is 0.333. The number of nitrogens with one attached hydrogen (secondary N) is 2. The minimum atomic E-state index is 0. The molecule has 0 aliphatic carbocycles. The number of carbonyl (C=O) groups excluding carboxylic acids is 1. The summed E-state index contributed by atoms with van der Waals surface area (Å²) in [6.07, 6.45) is 0.397. The van der Waals surface area contributed by atoms with E-state index in [9.17, 15) is 4.79 Å². The molecule has 156 valence electrons. The van der Waals surface area contributed by atoms with Crippen LogP contribution in [0.5, 0.6) is 11.5 Å². The van der Waals surface area contributed by atoms with Gasteiger partial charge in [-0.3, -0.25) is 9.79 Å². The van der Waals surface area contributed by atoms with Crippen molar-refractivity contribution in [2.24, 2.45) is 4.99 Å². The van der Waals surface area contributed by atoms with Crippen LogP contribution in [-0.4, -0.2) is 44.2 Å². The Morgan fingerprint density at radius 3 is 2.59 bits per heavy atom. The molecule has 0 radical (unpaired) electrons. The monoisotopic (exact) mass is 510 g/mol. The molecule has 0 unspecified atom stereocenters. The molecule has 0 spiro atoms.